The molecule has 164 valence electrons. The van der Waals surface area contributed by atoms with Gasteiger partial charge in [0.25, 0.3) is 0 Å². The van der Waals surface area contributed by atoms with Gasteiger partial charge in [-0.05, 0) is 50.2 Å². The van der Waals surface area contributed by atoms with E-state index in [4.69, 9.17) is 9.62 Å². The summed E-state index contributed by atoms with van der Waals surface area (Å²) in [7, 11) is 0. The molecule has 1 amide bonds. The number of carbonyl (C=O) groups is 1. The van der Waals surface area contributed by atoms with Crippen molar-refractivity contribution in [3.8, 4) is 16.9 Å². The number of para-hydroxylation sites is 1. The Balaban J connectivity index is 1.45. The number of amides is 1. The lowest BCUT2D eigenvalue weighted by molar-refractivity contribution is -0.118. The maximum atomic E-state index is 13.4. The van der Waals surface area contributed by atoms with Crippen LogP contribution in [0.4, 0.5) is 4.39 Å². The molecule has 0 spiro atoms. The van der Waals surface area contributed by atoms with Crippen LogP contribution in [0.25, 0.3) is 16.9 Å². The van der Waals surface area contributed by atoms with Crippen molar-refractivity contribution < 1.29 is 13.7 Å². The van der Waals surface area contributed by atoms with Crippen molar-refractivity contribution in [2.45, 2.75) is 26.1 Å². The molecule has 6 nitrogen and oxygen atoms in total. The van der Waals surface area contributed by atoms with E-state index in [9.17, 15) is 9.18 Å². The van der Waals surface area contributed by atoms with Crippen molar-refractivity contribution in [1.29, 1.82) is 0 Å². The molecule has 0 radical (unpaired) electrons. The van der Waals surface area contributed by atoms with E-state index in [1.807, 2.05) is 50.4 Å². The smallest absolute Gasteiger partial charge is 0.230 e. The molecule has 0 bridgehead atoms. The zero-order valence-corrected chi connectivity index (χ0v) is 18.7. The molecule has 0 atom stereocenters. The number of benzene rings is 2. The van der Waals surface area contributed by atoms with Crippen molar-refractivity contribution in [3.05, 3.63) is 89.2 Å². The fraction of sp³-hybridized carbons (Fsp3) is 0.208. The van der Waals surface area contributed by atoms with Gasteiger partial charge in [0, 0.05) is 35.2 Å². The Hall–Kier alpha value is -3.39. The highest BCUT2D eigenvalue weighted by Crippen LogP contribution is 2.24. The van der Waals surface area contributed by atoms with Crippen molar-refractivity contribution in [2.24, 2.45) is 0 Å². The largest absolute Gasteiger partial charge is 0.361 e. The molecule has 0 aliphatic heterocycles. The Morgan fingerprint density at radius 2 is 1.88 bits per heavy atom. The minimum atomic E-state index is -0.304. The van der Waals surface area contributed by atoms with Crippen LogP contribution in [0, 0.1) is 19.7 Å². The third-order valence-corrected chi connectivity index (χ3v) is 6.02. The van der Waals surface area contributed by atoms with E-state index >= 15 is 0 Å². The van der Waals surface area contributed by atoms with Crippen LogP contribution >= 0.6 is 11.8 Å². The summed E-state index contributed by atoms with van der Waals surface area (Å²) < 4.78 is 20.3. The average molecular weight is 451 g/mol. The highest BCUT2D eigenvalue weighted by molar-refractivity contribution is 7.99. The normalized spacial score (nSPS) is 11.0. The average Bonchev–Trinajstić information content (AvgIpc) is 3.37. The van der Waals surface area contributed by atoms with Crippen LogP contribution in [0.1, 0.15) is 22.6 Å². The van der Waals surface area contributed by atoms with Gasteiger partial charge in [0.15, 0.2) is 0 Å². The van der Waals surface area contributed by atoms with E-state index in [0.717, 1.165) is 33.8 Å². The molecule has 0 unspecified atom stereocenters. The molecular weight excluding hydrogens is 427 g/mol. The Bertz CT molecular complexity index is 1180. The number of halogens is 1. The summed E-state index contributed by atoms with van der Waals surface area (Å²) >= 11 is 1.51. The fourth-order valence-corrected chi connectivity index (χ4v) is 4.31. The Morgan fingerprint density at radius 3 is 2.56 bits per heavy atom. The number of hydrogen-bond acceptors (Lipinski definition) is 5. The van der Waals surface area contributed by atoms with Gasteiger partial charge < -0.3 is 9.84 Å². The first-order valence-electron chi connectivity index (χ1n) is 10.2. The van der Waals surface area contributed by atoms with Crippen LogP contribution in [-0.2, 0) is 17.1 Å². The molecule has 0 aliphatic rings. The summed E-state index contributed by atoms with van der Waals surface area (Å²) in [6.07, 6.45) is 1.89. The lowest BCUT2D eigenvalue weighted by Crippen LogP contribution is -2.24. The zero-order chi connectivity index (χ0) is 22.5. The number of nitrogens with zero attached hydrogens (tertiary/aromatic N) is 3. The van der Waals surface area contributed by atoms with Crippen LogP contribution < -0.4 is 5.32 Å². The van der Waals surface area contributed by atoms with Crippen molar-refractivity contribution in [3.63, 3.8) is 0 Å². The second-order valence-corrected chi connectivity index (χ2v) is 8.35. The van der Waals surface area contributed by atoms with E-state index in [1.54, 1.807) is 16.8 Å². The maximum absolute atomic E-state index is 13.4. The van der Waals surface area contributed by atoms with Gasteiger partial charge in [-0.1, -0.05) is 23.4 Å². The summed E-state index contributed by atoms with van der Waals surface area (Å²) in [5.41, 5.74) is 5.14. The minimum Gasteiger partial charge on any atom is -0.361 e. The standard InChI is InChI=1S/C24H23FN4O2S/c1-16-22(17(2)31-28-16)14-32-15-23(30)26-12-19-13-29(21-6-4-3-5-7-21)27-24(19)18-8-10-20(25)11-9-18/h3-11,13H,12,14-15H2,1-2H3,(H,26,30). The van der Waals surface area contributed by atoms with Gasteiger partial charge in [-0.2, -0.15) is 5.10 Å². The van der Waals surface area contributed by atoms with Crippen LogP contribution in [0.15, 0.2) is 65.3 Å². The van der Waals surface area contributed by atoms with Crippen LogP contribution in [0.5, 0.6) is 0 Å². The number of aryl methyl sites for hydroxylation is 2. The second kappa shape index (κ2) is 9.82. The molecule has 2 heterocycles. The molecule has 8 heteroatoms. The fourth-order valence-electron chi connectivity index (χ4n) is 3.30. The number of aromatic nitrogens is 3. The topological polar surface area (TPSA) is 73.0 Å². The Morgan fingerprint density at radius 1 is 1.12 bits per heavy atom. The molecular formula is C24H23FN4O2S. The van der Waals surface area contributed by atoms with Gasteiger partial charge in [0.1, 0.15) is 11.6 Å². The summed E-state index contributed by atoms with van der Waals surface area (Å²) in [5, 5.41) is 11.6. The number of thioether (sulfide) groups is 1. The van der Waals surface area contributed by atoms with Crippen molar-refractivity contribution >= 4 is 17.7 Å². The first-order valence-corrected chi connectivity index (χ1v) is 11.3. The van der Waals surface area contributed by atoms with Crippen LogP contribution in [0.3, 0.4) is 0 Å². The molecule has 0 fully saturated rings. The Kier molecular flexibility index (Phi) is 6.70. The van der Waals surface area contributed by atoms with Crippen molar-refractivity contribution in [1.82, 2.24) is 20.3 Å². The first kappa shape index (κ1) is 21.8. The third-order valence-electron chi connectivity index (χ3n) is 5.07. The lowest BCUT2D eigenvalue weighted by atomic mass is 10.1. The molecule has 0 aliphatic carbocycles. The molecule has 4 rings (SSSR count). The number of nitrogens with one attached hydrogen (secondary N) is 1. The summed E-state index contributed by atoms with van der Waals surface area (Å²) in [5.74, 6) is 1.40. The van der Waals surface area contributed by atoms with E-state index < -0.39 is 0 Å². The monoisotopic (exact) mass is 450 g/mol. The van der Waals surface area contributed by atoms with Gasteiger partial charge in [-0.25, -0.2) is 9.07 Å². The Labute approximate surface area is 189 Å². The second-order valence-electron chi connectivity index (χ2n) is 7.36. The quantitative estimate of drug-likeness (QED) is 0.416. The molecule has 0 saturated heterocycles. The molecule has 2 aromatic heterocycles. The molecule has 1 N–H and O–H groups in total. The first-order chi connectivity index (χ1) is 15.5. The summed E-state index contributed by atoms with van der Waals surface area (Å²) in [4.78, 5) is 12.4. The molecule has 0 saturated carbocycles. The summed E-state index contributed by atoms with van der Waals surface area (Å²) in [6.45, 7) is 4.09. The maximum Gasteiger partial charge on any atom is 0.230 e. The molecule has 2 aromatic carbocycles. The number of hydrogen-bond donors (Lipinski definition) is 1. The van der Waals surface area contributed by atoms with Gasteiger partial charge >= 0.3 is 0 Å². The zero-order valence-electron chi connectivity index (χ0n) is 17.8. The van der Waals surface area contributed by atoms with Gasteiger partial charge in [-0.15, -0.1) is 11.8 Å². The van der Waals surface area contributed by atoms with Gasteiger partial charge in [0.2, 0.25) is 5.91 Å². The predicted octanol–water partition coefficient (Wildman–Crippen LogP) is 4.83. The lowest BCUT2D eigenvalue weighted by Gasteiger charge is -2.06. The highest BCUT2D eigenvalue weighted by atomic mass is 32.2. The predicted molar refractivity (Wildman–Crippen MR) is 123 cm³/mol. The van der Waals surface area contributed by atoms with E-state index in [-0.39, 0.29) is 11.7 Å². The SMILES string of the molecule is Cc1noc(C)c1CSCC(=O)NCc1cn(-c2ccccc2)nc1-c1ccc(F)cc1. The van der Waals surface area contributed by atoms with Crippen LogP contribution in [0.2, 0.25) is 0 Å². The van der Waals surface area contributed by atoms with E-state index in [2.05, 4.69) is 10.5 Å². The van der Waals surface area contributed by atoms with Crippen LogP contribution in [-0.4, -0.2) is 26.6 Å². The number of rotatable bonds is 8. The van der Waals surface area contributed by atoms with Crippen molar-refractivity contribution in [2.75, 3.05) is 5.75 Å². The van der Waals surface area contributed by atoms with Gasteiger partial charge in [-0.3, -0.25) is 4.79 Å². The molecule has 32 heavy (non-hydrogen) atoms. The highest BCUT2D eigenvalue weighted by Gasteiger charge is 2.14. The third kappa shape index (κ3) is 5.08. The van der Waals surface area contributed by atoms with E-state index in [1.165, 1.54) is 23.9 Å². The number of carbonyl (C=O) groups excluding carboxylic acids is 1. The van der Waals surface area contributed by atoms with Gasteiger partial charge in [0.05, 0.1) is 22.8 Å². The summed E-state index contributed by atoms with van der Waals surface area (Å²) in [6, 6.07) is 15.9. The minimum absolute atomic E-state index is 0.0701. The molecule has 4 aromatic rings. The van der Waals surface area contributed by atoms with E-state index in [0.29, 0.717) is 23.7 Å².